The Hall–Kier alpha value is -4.21. The Bertz CT molecular complexity index is 1680. The van der Waals surface area contributed by atoms with Crippen molar-refractivity contribution < 1.29 is 8.78 Å². The number of fused-ring (bicyclic) bond motifs is 2. The van der Waals surface area contributed by atoms with Gasteiger partial charge < -0.3 is 16.0 Å². The lowest BCUT2D eigenvalue weighted by Gasteiger charge is -2.09. The third kappa shape index (κ3) is 4.78. The molecule has 5 aromatic rings. The molecule has 0 atom stereocenters. The summed E-state index contributed by atoms with van der Waals surface area (Å²) < 4.78 is 28.8. The van der Waals surface area contributed by atoms with Crippen molar-refractivity contribution in [2.45, 2.75) is 0 Å². The second-order valence-electron chi connectivity index (χ2n) is 8.24. The third-order valence-corrected chi connectivity index (χ3v) is 6.15. The zero-order chi connectivity index (χ0) is 25.9. The minimum atomic E-state index is -0.834. The van der Waals surface area contributed by atoms with Crippen molar-refractivity contribution in [1.82, 2.24) is 25.3 Å². The highest BCUT2D eigenvalue weighted by atomic mass is 35.5. The van der Waals surface area contributed by atoms with Gasteiger partial charge in [0, 0.05) is 54.1 Å². The Kier molecular flexibility index (Phi) is 6.89. The third-order valence-electron chi connectivity index (χ3n) is 5.86. The van der Waals surface area contributed by atoms with Gasteiger partial charge in [0.1, 0.15) is 11.6 Å². The summed E-state index contributed by atoms with van der Waals surface area (Å²) in [5, 5.41) is 2.85. The van der Waals surface area contributed by atoms with Crippen LogP contribution in [0, 0.1) is 11.6 Å². The molecule has 186 valence electrons. The molecule has 0 aliphatic carbocycles. The predicted molar refractivity (Wildman–Crippen MR) is 144 cm³/mol. The van der Waals surface area contributed by atoms with Crippen LogP contribution in [-0.2, 0) is 0 Å². The number of nitrogens with one attached hydrogen (secondary N) is 2. The summed E-state index contributed by atoms with van der Waals surface area (Å²) in [4.78, 5) is 21.4. The lowest BCUT2D eigenvalue weighted by Crippen LogP contribution is -2.10. The first kappa shape index (κ1) is 24.5. The molecule has 0 fully saturated rings. The molecule has 0 saturated carbocycles. The molecule has 0 aliphatic rings. The number of aromatic nitrogens is 4. The highest BCUT2D eigenvalue weighted by Gasteiger charge is 2.21. The van der Waals surface area contributed by atoms with Crippen molar-refractivity contribution in [3.05, 3.63) is 83.3 Å². The maximum absolute atomic E-state index is 14.9. The van der Waals surface area contributed by atoms with E-state index in [2.05, 4.69) is 25.3 Å². The van der Waals surface area contributed by atoms with Crippen LogP contribution in [0.4, 0.5) is 8.78 Å². The number of aromatic amines is 1. The Morgan fingerprint density at radius 3 is 2.81 bits per heavy atom. The van der Waals surface area contributed by atoms with E-state index in [1.54, 1.807) is 30.7 Å². The van der Waals surface area contributed by atoms with E-state index in [9.17, 15) is 8.78 Å². The van der Waals surface area contributed by atoms with Crippen LogP contribution in [0.5, 0.6) is 0 Å². The van der Waals surface area contributed by atoms with Crippen molar-refractivity contribution in [3.8, 4) is 22.5 Å². The molecule has 5 rings (SSSR count). The minimum absolute atomic E-state index is 0.110. The van der Waals surface area contributed by atoms with E-state index in [-0.39, 0.29) is 10.6 Å². The molecule has 0 radical (unpaired) electrons. The van der Waals surface area contributed by atoms with Gasteiger partial charge in [-0.3, -0.25) is 15.0 Å². The van der Waals surface area contributed by atoms with Crippen molar-refractivity contribution in [2.24, 2.45) is 10.7 Å². The number of nitrogens with zero attached hydrogens (tertiary/aromatic N) is 4. The summed E-state index contributed by atoms with van der Waals surface area (Å²) in [5.41, 5.74) is 11.4. The summed E-state index contributed by atoms with van der Waals surface area (Å²) in [6, 6.07) is 11.1. The van der Waals surface area contributed by atoms with E-state index in [4.69, 9.17) is 22.3 Å². The Morgan fingerprint density at radius 2 is 2.00 bits per heavy atom. The Morgan fingerprint density at radius 1 is 1.14 bits per heavy atom. The number of halogens is 3. The van der Waals surface area contributed by atoms with Gasteiger partial charge in [0.05, 0.1) is 50.6 Å². The number of benzene rings is 1. The molecule has 1 aromatic carbocycles. The van der Waals surface area contributed by atoms with Crippen LogP contribution in [-0.4, -0.2) is 46.3 Å². The van der Waals surface area contributed by atoms with Gasteiger partial charge in [-0.2, -0.15) is 0 Å². The van der Waals surface area contributed by atoms with Gasteiger partial charge in [-0.05, 0) is 43.4 Å². The van der Waals surface area contributed by atoms with Crippen LogP contribution in [0.25, 0.3) is 50.2 Å². The molecule has 10 heteroatoms. The summed E-state index contributed by atoms with van der Waals surface area (Å²) in [7, 11) is 1.86. The average Bonchev–Trinajstić information content (AvgIpc) is 3.29. The molecule has 0 spiro atoms. The first-order valence-corrected chi connectivity index (χ1v) is 11.8. The quantitative estimate of drug-likeness (QED) is 0.153. The van der Waals surface area contributed by atoms with Crippen LogP contribution in [0.1, 0.15) is 5.56 Å². The monoisotopic (exact) mass is 517 g/mol. The molecule has 0 unspecified atom stereocenters. The van der Waals surface area contributed by atoms with Crippen LogP contribution in [0.15, 0.2) is 66.1 Å². The second kappa shape index (κ2) is 10.4. The van der Waals surface area contributed by atoms with E-state index in [0.717, 1.165) is 18.2 Å². The highest BCUT2D eigenvalue weighted by Crippen LogP contribution is 2.39. The number of aliphatic imine (C=N–C) groups is 1. The minimum Gasteiger partial charge on any atom is -0.404 e. The lowest BCUT2D eigenvalue weighted by atomic mass is 10.0. The molecule has 4 heterocycles. The SMILES string of the molecule is CNCCN=CC(=CN)c1cnc2ccc(-c3c(-c4cc(Cl)c(F)cc4F)[nH]c4cccnc34)nc2c1. The van der Waals surface area contributed by atoms with Crippen LogP contribution in [0.3, 0.4) is 0 Å². The van der Waals surface area contributed by atoms with Crippen LogP contribution >= 0.6 is 11.6 Å². The van der Waals surface area contributed by atoms with E-state index < -0.39 is 11.6 Å². The fraction of sp³-hybridized carbons (Fsp3) is 0.111. The van der Waals surface area contributed by atoms with Gasteiger partial charge in [0.25, 0.3) is 0 Å². The van der Waals surface area contributed by atoms with Gasteiger partial charge in [-0.25, -0.2) is 13.8 Å². The number of likely N-dealkylation sites (N-methyl/N-ethyl adjacent to an activating group) is 1. The molecule has 0 aliphatic heterocycles. The molecule has 4 N–H and O–H groups in total. The van der Waals surface area contributed by atoms with Crippen molar-refractivity contribution in [3.63, 3.8) is 0 Å². The molecule has 4 aromatic heterocycles. The number of H-pyrrole nitrogens is 1. The average molecular weight is 518 g/mol. The number of nitrogens with two attached hydrogens (primary N) is 1. The van der Waals surface area contributed by atoms with E-state index in [0.29, 0.717) is 51.1 Å². The molecule has 0 saturated heterocycles. The Labute approximate surface area is 216 Å². The first-order chi connectivity index (χ1) is 18.0. The van der Waals surface area contributed by atoms with Crippen molar-refractivity contribution >= 4 is 45.5 Å². The van der Waals surface area contributed by atoms with Gasteiger partial charge in [0.2, 0.25) is 0 Å². The zero-order valence-electron chi connectivity index (χ0n) is 19.8. The molecule has 37 heavy (non-hydrogen) atoms. The first-order valence-electron chi connectivity index (χ1n) is 11.5. The van der Waals surface area contributed by atoms with Gasteiger partial charge in [0.15, 0.2) is 0 Å². The maximum atomic E-state index is 14.9. The largest absolute Gasteiger partial charge is 0.404 e. The van der Waals surface area contributed by atoms with Crippen LogP contribution in [0.2, 0.25) is 5.02 Å². The summed E-state index contributed by atoms with van der Waals surface area (Å²) in [6.07, 6.45) is 6.52. The standard InChI is InChI=1S/C27H22ClF2N7/c1-32-7-8-33-13-16(12-31)15-9-24-21(35-14-15)4-5-22(36-24)25-26(37-23-3-2-6-34-27(23)25)17-10-18(28)20(30)11-19(17)29/h2-6,9-14,32,37H,7-8,31H2,1H3. The number of pyridine rings is 3. The van der Waals surface area contributed by atoms with Crippen LogP contribution < -0.4 is 11.1 Å². The van der Waals surface area contributed by atoms with Gasteiger partial charge in [-0.15, -0.1) is 0 Å². The molecule has 7 nitrogen and oxygen atoms in total. The number of hydrogen-bond donors (Lipinski definition) is 3. The topological polar surface area (TPSA) is 105 Å². The molecule has 0 bridgehead atoms. The predicted octanol–water partition coefficient (Wildman–Crippen LogP) is 5.36. The van der Waals surface area contributed by atoms with Gasteiger partial charge in [-0.1, -0.05) is 11.6 Å². The smallest absolute Gasteiger partial charge is 0.144 e. The van der Waals surface area contributed by atoms with Gasteiger partial charge >= 0.3 is 0 Å². The maximum Gasteiger partial charge on any atom is 0.144 e. The van der Waals surface area contributed by atoms with Crippen molar-refractivity contribution in [1.29, 1.82) is 0 Å². The second-order valence-corrected chi connectivity index (χ2v) is 8.65. The van der Waals surface area contributed by atoms with Crippen molar-refractivity contribution in [2.75, 3.05) is 20.1 Å². The molecular formula is C27H22ClF2N7. The molecular weight excluding hydrogens is 496 g/mol. The summed E-state index contributed by atoms with van der Waals surface area (Å²) >= 11 is 6.00. The highest BCUT2D eigenvalue weighted by molar-refractivity contribution is 6.31. The molecule has 0 amide bonds. The fourth-order valence-electron chi connectivity index (χ4n) is 4.04. The fourth-order valence-corrected chi connectivity index (χ4v) is 4.21. The zero-order valence-corrected chi connectivity index (χ0v) is 20.5. The number of rotatable bonds is 7. The van der Waals surface area contributed by atoms with E-state index >= 15 is 0 Å². The summed E-state index contributed by atoms with van der Waals surface area (Å²) in [6.45, 7) is 1.35. The van der Waals surface area contributed by atoms with E-state index in [1.807, 2.05) is 25.2 Å². The summed E-state index contributed by atoms with van der Waals surface area (Å²) in [5.74, 6) is -1.59. The number of hydrogen-bond acceptors (Lipinski definition) is 6. The lowest BCUT2D eigenvalue weighted by molar-refractivity contribution is 0.585. The number of allylic oxidation sites excluding steroid dienone is 1. The van der Waals surface area contributed by atoms with E-state index in [1.165, 1.54) is 12.3 Å². The normalized spacial score (nSPS) is 12.3. The Balaban J connectivity index is 1.66.